The third kappa shape index (κ3) is 3.99. The number of aliphatic imine (C=N–C) groups is 1. The van der Waals surface area contributed by atoms with Crippen LogP contribution < -0.4 is 11.1 Å². The molecule has 0 spiro atoms. The molecule has 2 aromatic heterocycles. The molecule has 1 aliphatic carbocycles. The number of nitrogens with zero attached hydrogens (tertiary/aromatic N) is 1. The Balaban J connectivity index is 1.55. The average molecular weight is 379 g/mol. The fraction of sp³-hybridized carbons (Fsp3) is 0.318. The number of thiophene rings is 1. The Morgan fingerprint density at radius 2 is 2.30 bits per heavy atom. The molecule has 1 unspecified atom stereocenters. The summed E-state index contributed by atoms with van der Waals surface area (Å²) in [5.74, 6) is 1.33. The monoisotopic (exact) mass is 378 g/mol. The summed E-state index contributed by atoms with van der Waals surface area (Å²) in [6, 6.07) is 10.3. The maximum atomic E-state index is 6.12. The van der Waals surface area contributed by atoms with Crippen molar-refractivity contribution in [2.24, 2.45) is 16.6 Å². The van der Waals surface area contributed by atoms with Crippen LogP contribution in [0.25, 0.3) is 16.5 Å². The van der Waals surface area contributed by atoms with E-state index < -0.39 is 0 Å². The second-order valence-corrected chi connectivity index (χ2v) is 8.03. The van der Waals surface area contributed by atoms with E-state index in [9.17, 15) is 0 Å². The molecule has 3 aromatic rings. The topological polar surface area (TPSA) is 66.2 Å². The van der Waals surface area contributed by atoms with Gasteiger partial charge in [0.15, 0.2) is 0 Å². The third-order valence-electron chi connectivity index (χ3n) is 5.24. The number of rotatable bonds is 6. The lowest BCUT2D eigenvalue weighted by Crippen LogP contribution is -2.23. The number of aromatic nitrogens is 1. The van der Waals surface area contributed by atoms with E-state index in [0.717, 1.165) is 47.9 Å². The number of nitrogens with one attached hydrogen (secondary N) is 2. The first-order chi connectivity index (χ1) is 13.2. The van der Waals surface area contributed by atoms with Crippen molar-refractivity contribution in [3.05, 3.63) is 58.4 Å². The first-order valence-corrected chi connectivity index (χ1v) is 10.5. The zero-order chi connectivity index (χ0) is 18.6. The van der Waals surface area contributed by atoms with Crippen LogP contribution in [0.3, 0.4) is 0 Å². The molecule has 2 heterocycles. The lowest BCUT2D eigenvalue weighted by Gasteiger charge is -2.22. The highest BCUT2D eigenvalue weighted by molar-refractivity contribution is 7.12. The molecule has 0 saturated heterocycles. The van der Waals surface area contributed by atoms with Gasteiger partial charge in [-0.3, -0.25) is 0 Å². The van der Waals surface area contributed by atoms with E-state index in [1.807, 2.05) is 17.5 Å². The van der Waals surface area contributed by atoms with Crippen LogP contribution in [0.1, 0.15) is 36.6 Å². The summed E-state index contributed by atoms with van der Waals surface area (Å²) in [5.41, 5.74) is 10.9. The molecule has 1 aliphatic rings. The Kier molecular flexibility index (Phi) is 5.41. The van der Waals surface area contributed by atoms with E-state index >= 15 is 0 Å². The van der Waals surface area contributed by atoms with Gasteiger partial charge in [0.05, 0.1) is 10.6 Å². The van der Waals surface area contributed by atoms with Crippen molar-refractivity contribution in [1.82, 2.24) is 10.3 Å². The highest BCUT2D eigenvalue weighted by Gasteiger charge is 2.17. The van der Waals surface area contributed by atoms with Gasteiger partial charge >= 0.3 is 0 Å². The first-order valence-electron chi connectivity index (χ1n) is 9.64. The Bertz CT molecular complexity index is 966. The summed E-state index contributed by atoms with van der Waals surface area (Å²) in [5, 5.41) is 6.75. The minimum absolute atomic E-state index is 0.567. The summed E-state index contributed by atoms with van der Waals surface area (Å²) in [4.78, 5) is 9.00. The summed E-state index contributed by atoms with van der Waals surface area (Å²) in [6.07, 6.45) is 8.13. The second kappa shape index (κ2) is 8.11. The summed E-state index contributed by atoms with van der Waals surface area (Å²) < 4.78 is 0. The van der Waals surface area contributed by atoms with Crippen LogP contribution in [0.4, 0.5) is 5.69 Å². The minimum Gasteiger partial charge on any atom is -0.383 e. The lowest BCUT2D eigenvalue weighted by molar-refractivity contribution is 0.451. The van der Waals surface area contributed by atoms with Crippen LogP contribution in [0, 0.1) is 5.92 Å². The molecule has 5 heteroatoms. The molecule has 27 heavy (non-hydrogen) atoms. The number of benzene rings is 1. The van der Waals surface area contributed by atoms with Crippen molar-refractivity contribution in [2.75, 3.05) is 13.1 Å². The molecule has 140 valence electrons. The van der Waals surface area contributed by atoms with E-state index in [-0.39, 0.29) is 0 Å². The van der Waals surface area contributed by atoms with Gasteiger partial charge in [-0.2, -0.15) is 0 Å². The maximum Gasteiger partial charge on any atom is 0.141 e. The number of hydrogen-bond donors (Lipinski definition) is 3. The van der Waals surface area contributed by atoms with E-state index in [0.29, 0.717) is 5.84 Å². The number of nitrogens with two attached hydrogens (primary N) is 1. The number of aromatic amines is 1. The maximum absolute atomic E-state index is 6.12. The van der Waals surface area contributed by atoms with Crippen LogP contribution in [-0.4, -0.2) is 23.9 Å². The Labute approximate surface area is 164 Å². The predicted molar refractivity (Wildman–Crippen MR) is 117 cm³/mol. The quantitative estimate of drug-likeness (QED) is 0.415. The summed E-state index contributed by atoms with van der Waals surface area (Å²) in [7, 11) is 0. The Hall–Kier alpha value is -2.37. The lowest BCUT2D eigenvalue weighted by atomic mass is 9.86. The molecule has 0 aliphatic heterocycles. The number of amidine groups is 1. The van der Waals surface area contributed by atoms with Crippen LogP contribution >= 0.6 is 11.3 Å². The smallest absolute Gasteiger partial charge is 0.141 e. The van der Waals surface area contributed by atoms with Gasteiger partial charge in [0.25, 0.3) is 0 Å². The fourth-order valence-electron chi connectivity index (χ4n) is 3.73. The van der Waals surface area contributed by atoms with Crippen LogP contribution in [-0.2, 0) is 0 Å². The van der Waals surface area contributed by atoms with Gasteiger partial charge in [0, 0.05) is 22.7 Å². The highest BCUT2D eigenvalue weighted by atomic mass is 32.1. The van der Waals surface area contributed by atoms with Crippen molar-refractivity contribution < 1.29 is 0 Å². The largest absolute Gasteiger partial charge is 0.383 e. The molecule has 0 saturated carbocycles. The molecule has 4 N–H and O–H groups in total. The molecule has 1 atom stereocenters. The number of hydrogen-bond acceptors (Lipinski definition) is 3. The fourth-order valence-corrected chi connectivity index (χ4v) is 4.36. The van der Waals surface area contributed by atoms with Crippen molar-refractivity contribution in [1.29, 1.82) is 0 Å². The zero-order valence-electron chi connectivity index (χ0n) is 15.7. The van der Waals surface area contributed by atoms with Gasteiger partial charge in [0.2, 0.25) is 0 Å². The van der Waals surface area contributed by atoms with Crippen molar-refractivity contribution in [3.8, 4) is 0 Å². The molecule has 0 radical (unpaired) electrons. The molecule has 1 aromatic carbocycles. The summed E-state index contributed by atoms with van der Waals surface area (Å²) in [6.45, 7) is 4.35. The van der Waals surface area contributed by atoms with E-state index in [2.05, 4.69) is 52.7 Å². The molecular formula is C22H26N4S. The first kappa shape index (κ1) is 18.0. The molecule has 0 fully saturated rings. The van der Waals surface area contributed by atoms with E-state index in [4.69, 9.17) is 5.73 Å². The normalized spacial score (nSPS) is 18.0. The summed E-state index contributed by atoms with van der Waals surface area (Å²) >= 11 is 1.61. The van der Waals surface area contributed by atoms with Crippen LogP contribution in [0.5, 0.6) is 0 Å². The number of allylic oxidation sites excluding steroid dienone is 2. The zero-order valence-corrected chi connectivity index (χ0v) is 16.5. The van der Waals surface area contributed by atoms with Crippen LogP contribution in [0.15, 0.2) is 53.0 Å². The van der Waals surface area contributed by atoms with Gasteiger partial charge < -0.3 is 16.0 Å². The van der Waals surface area contributed by atoms with Gasteiger partial charge in [-0.1, -0.05) is 25.1 Å². The van der Waals surface area contributed by atoms with Gasteiger partial charge in [0.1, 0.15) is 5.84 Å². The van der Waals surface area contributed by atoms with Gasteiger partial charge in [-0.05, 0) is 67.4 Å². The number of fused-ring (bicyclic) bond motifs is 1. The molecule has 4 rings (SSSR count). The highest BCUT2D eigenvalue weighted by Crippen LogP contribution is 2.35. The van der Waals surface area contributed by atoms with Crippen molar-refractivity contribution in [2.45, 2.75) is 26.2 Å². The SMILES string of the molecule is CCNCC1CC=C(c2c[nH]c3cc(N=C(N)c4cccs4)ccc23)CC1. The standard InChI is InChI=1S/C22H26N4S/c1-2-24-13-15-5-7-16(8-6-15)19-14-25-20-12-17(9-10-18(19)20)26-22(23)21-4-3-11-27-21/h3-4,7,9-12,14-15,24-25H,2,5-6,8,13H2,1H3,(H2,23,26). The van der Waals surface area contributed by atoms with Gasteiger partial charge in [-0.15, -0.1) is 11.3 Å². The van der Waals surface area contributed by atoms with Gasteiger partial charge in [-0.25, -0.2) is 4.99 Å². The molecule has 0 amide bonds. The molecule has 4 nitrogen and oxygen atoms in total. The van der Waals surface area contributed by atoms with E-state index in [1.54, 1.807) is 11.3 Å². The average Bonchev–Trinajstić information content (AvgIpc) is 3.36. The van der Waals surface area contributed by atoms with E-state index in [1.165, 1.54) is 22.9 Å². The second-order valence-electron chi connectivity index (χ2n) is 7.08. The van der Waals surface area contributed by atoms with Crippen molar-refractivity contribution in [3.63, 3.8) is 0 Å². The Morgan fingerprint density at radius 3 is 3.04 bits per heavy atom. The molecule has 0 bridgehead atoms. The minimum atomic E-state index is 0.567. The third-order valence-corrected chi connectivity index (χ3v) is 6.13. The van der Waals surface area contributed by atoms with Crippen molar-refractivity contribution >= 4 is 39.3 Å². The Morgan fingerprint density at radius 1 is 1.37 bits per heavy atom. The van der Waals surface area contributed by atoms with Crippen LogP contribution in [0.2, 0.25) is 0 Å². The molecular weight excluding hydrogens is 352 g/mol. The number of H-pyrrole nitrogens is 1. The predicted octanol–water partition coefficient (Wildman–Crippen LogP) is 5.06.